The van der Waals surface area contributed by atoms with Crippen LogP contribution in [0.25, 0.3) is 5.82 Å². The first-order chi connectivity index (χ1) is 11.2. The van der Waals surface area contributed by atoms with Gasteiger partial charge in [-0.1, -0.05) is 6.07 Å². The fourth-order valence-electron chi connectivity index (χ4n) is 3.47. The number of nitrogens with zero attached hydrogens (tertiary/aromatic N) is 4. The Morgan fingerprint density at radius 3 is 2.58 bits per heavy atom. The monoisotopic (exact) mass is 349 g/mol. The lowest BCUT2D eigenvalue weighted by Crippen LogP contribution is -2.36. The Bertz CT molecular complexity index is 632. The molecule has 3 rings (SSSR count). The van der Waals surface area contributed by atoms with Gasteiger partial charge in [0.2, 0.25) is 0 Å². The van der Waals surface area contributed by atoms with Crippen LogP contribution in [0.15, 0.2) is 24.4 Å². The quantitative estimate of drug-likeness (QED) is 0.901. The lowest BCUT2D eigenvalue weighted by molar-refractivity contribution is 0.176. The van der Waals surface area contributed by atoms with Crippen LogP contribution in [-0.4, -0.2) is 46.3 Å². The van der Waals surface area contributed by atoms with Gasteiger partial charge in [0.1, 0.15) is 0 Å². The van der Waals surface area contributed by atoms with Gasteiger partial charge in [-0.2, -0.15) is 5.10 Å². The van der Waals surface area contributed by atoms with Crippen molar-refractivity contribution in [3.8, 4) is 5.82 Å². The molecule has 0 aromatic carbocycles. The number of aromatic nitrogens is 3. The van der Waals surface area contributed by atoms with Crippen LogP contribution in [0.4, 0.5) is 0 Å². The van der Waals surface area contributed by atoms with Crippen molar-refractivity contribution in [2.24, 2.45) is 5.92 Å². The van der Waals surface area contributed by atoms with Crippen molar-refractivity contribution in [1.29, 1.82) is 0 Å². The molecule has 1 aliphatic heterocycles. The first-order valence-corrected chi connectivity index (χ1v) is 8.52. The summed E-state index contributed by atoms with van der Waals surface area (Å²) in [6, 6.07) is 5.95. The molecule has 0 atom stereocenters. The van der Waals surface area contributed by atoms with Gasteiger partial charge in [0.25, 0.3) is 0 Å². The van der Waals surface area contributed by atoms with Crippen molar-refractivity contribution >= 4 is 12.4 Å². The van der Waals surface area contributed by atoms with E-state index in [0.717, 1.165) is 30.5 Å². The van der Waals surface area contributed by atoms with Crippen LogP contribution in [0, 0.1) is 19.8 Å². The maximum atomic E-state index is 4.71. The zero-order valence-electron chi connectivity index (χ0n) is 14.8. The molecule has 0 bridgehead atoms. The molecule has 1 aliphatic rings. The Hall–Kier alpha value is -1.43. The lowest BCUT2D eigenvalue weighted by atomic mass is 9.96. The number of hydrogen-bond acceptors (Lipinski definition) is 4. The Balaban J connectivity index is 0.00000208. The van der Waals surface area contributed by atoms with E-state index in [4.69, 9.17) is 5.10 Å². The van der Waals surface area contributed by atoms with Crippen LogP contribution in [0.2, 0.25) is 0 Å². The molecule has 0 radical (unpaired) electrons. The minimum Gasteiger partial charge on any atom is -0.319 e. The van der Waals surface area contributed by atoms with E-state index in [1.807, 2.05) is 36.1 Å². The first kappa shape index (κ1) is 18.9. The smallest absolute Gasteiger partial charge is 0.153 e. The van der Waals surface area contributed by atoms with E-state index in [-0.39, 0.29) is 12.4 Å². The van der Waals surface area contributed by atoms with Crippen molar-refractivity contribution in [2.45, 2.75) is 33.2 Å². The summed E-state index contributed by atoms with van der Waals surface area (Å²) in [5, 5.41) is 8.01. The molecule has 0 aliphatic carbocycles. The molecule has 0 saturated carbocycles. The largest absolute Gasteiger partial charge is 0.319 e. The highest BCUT2D eigenvalue weighted by Gasteiger charge is 2.21. The molecule has 0 amide bonds. The summed E-state index contributed by atoms with van der Waals surface area (Å²) in [6.45, 7) is 8.76. The molecule has 1 saturated heterocycles. The highest BCUT2D eigenvalue weighted by molar-refractivity contribution is 5.85. The summed E-state index contributed by atoms with van der Waals surface area (Å²) in [5.74, 6) is 1.72. The second-order valence-corrected chi connectivity index (χ2v) is 6.53. The molecule has 1 fully saturated rings. The lowest BCUT2D eigenvalue weighted by Gasteiger charge is -2.31. The highest BCUT2D eigenvalue weighted by atomic mass is 35.5. The van der Waals surface area contributed by atoms with Crippen molar-refractivity contribution in [3.63, 3.8) is 0 Å². The fraction of sp³-hybridized carbons (Fsp3) is 0.556. The van der Waals surface area contributed by atoms with Gasteiger partial charge in [0.05, 0.1) is 5.69 Å². The third kappa shape index (κ3) is 4.15. The number of hydrogen-bond donors (Lipinski definition) is 1. The van der Waals surface area contributed by atoms with Crippen LogP contribution in [0.5, 0.6) is 0 Å². The van der Waals surface area contributed by atoms with E-state index in [0.29, 0.717) is 0 Å². The molecular weight excluding hydrogens is 322 g/mol. The van der Waals surface area contributed by atoms with Crippen molar-refractivity contribution in [2.75, 3.05) is 26.7 Å². The molecule has 0 unspecified atom stereocenters. The molecule has 1 N–H and O–H groups in total. The average Bonchev–Trinajstić information content (AvgIpc) is 2.86. The predicted octanol–water partition coefficient (Wildman–Crippen LogP) is 2.74. The molecule has 0 spiro atoms. The highest BCUT2D eigenvalue weighted by Crippen LogP contribution is 2.22. The summed E-state index contributed by atoms with van der Waals surface area (Å²) in [7, 11) is 2.05. The SMILES string of the molecule is CNCC1CCN(Cc2c(C)nn(-c3ccccn3)c2C)CC1.Cl. The number of rotatable bonds is 5. The van der Waals surface area contributed by atoms with Gasteiger partial charge in [-0.15, -0.1) is 12.4 Å². The molecule has 132 valence electrons. The van der Waals surface area contributed by atoms with Gasteiger partial charge in [-0.3, -0.25) is 4.90 Å². The summed E-state index contributed by atoms with van der Waals surface area (Å²) < 4.78 is 1.97. The van der Waals surface area contributed by atoms with Gasteiger partial charge in [0.15, 0.2) is 5.82 Å². The summed E-state index contributed by atoms with van der Waals surface area (Å²) in [6.07, 6.45) is 4.39. The number of aryl methyl sites for hydroxylation is 1. The molecule has 24 heavy (non-hydrogen) atoms. The van der Waals surface area contributed by atoms with Crippen molar-refractivity contribution < 1.29 is 0 Å². The summed E-state index contributed by atoms with van der Waals surface area (Å²) >= 11 is 0. The Kier molecular flexibility index (Phi) is 6.78. The van der Waals surface area contributed by atoms with E-state index >= 15 is 0 Å². The van der Waals surface area contributed by atoms with E-state index in [2.05, 4.69) is 29.0 Å². The van der Waals surface area contributed by atoms with Crippen LogP contribution >= 0.6 is 12.4 Å². The van der Waals surface area contributed by atoms with Crippen molar-refractivity contribution in [3.05, 3.63) is 41.3 Å². The van der Waals surface area contributed by atoms with E-state index in [1.165, 1.54) is 37.2 Å². The topological polar surface area (TPSA) is 46.0 Å². The van der Waals surface area contributed by atoms with Crippen LogP contribution in [0.3, 0.4) is 0 Å². The van der Waals surface area contributed by atoms with Crippen LogP contribution in [-0.2, 0) is 6.54 Å². The van der Waals surface area contributed by atoms with Crippen molar-refractivity contribution in [1.82, 2.24) is 25.0 Å². The van der Waals surface area contributed by atoms with Gasteiger partial charge >= 0.3 is 0 Å². The van der Waals surface area contributed by atoms with Crippen LogP contribution < -0.4 is 5.32 Å². The molecule has 6 heteroatoms. The minimum absolute atomic E-state index is 0. The minimum atomic E-state index is 0. The van der Waals surface area contributed by atoms with E-state index in [9.17, 15) is 0 Å². The van der Waals surface area contributed by atoms with Gasteiger partial charge in [-0.25, -0.2) is 9.67 Å². The summed E-state index contributed by atoms with van der Waals surface area (Å²) in [5.41, 5.74) is 3.67. The standard InChI is InChI=1S/C18H27N5.ClH/c1-14-17(13-22-10-7-16(8-11-22)12-19-3)15(2)23(21-14)18-6-4-5-9-20-18;/h4-6,9,16,19H,7-8,10-13H2,1-3H3;1H. The van der Waals surface area contributed by atoms with E-state index in [1.54, 1.807) is 0 Å². The molecule has 2 aromatic heterocycles. The molecule has 3 heterocycles. The maximum Gasteiger partial charge on any atom is 0.153 e. The molecular formula is C18H28ClN5. The number of pyridine rings is 1. The fourth-order valence-corrected chi connectivity index (χ4v) is 3.47. The Labute approximate surface area is 150 Å². The predicted molar refractivity (Wildman–Crippen MR) is 100 cm³/mol. The zero-order valence-corrected chi connectivity index (χ0v) is 15.6. The van der Waals surface area contributed by atoms with E-state index < -0.39 is 0 Å². The third-order valence-electron chi connectivity index (χ3n) is 4.89. The van der Waals surface area contributed by atoms with Gasteiger partial charge in [0, 0.05) is 24.0 Å². The number of piperidine rings is 1. The summed E-state index contributed by atoms with van der Waals surface area (Å²) in [4.78, 5) is 6.98. The number of halogens is 1. The second kappa shape index (κ2) is 8.60. The Morgan fingerprint density at radius 1 is 1.21 bits per heavy atom. The molecule has 2 aromatic rings. The number of likely N-dealkylation sites (tertiary alicyclic amines) is 1. The average molecular weight is 350 g/mol. The zero-order chi connectivity index (χ0) is 16.2. The maximum absolute atomic E-state index is 4.71. The number of nitrogens with one attached hydrogen (secondary N) is 1. The first-order valence-electron chi connectivity index (χ1n) is 8.52. The normalized spacial score (nSPS) is 16.1. The van der Waals surface area contributed by atoms with Gasteiger partial charge < -0.3 is 5.32 Å². The Morgan fingerprint density at radius 2 is 1.96 bits per heavy atom. The second-order valence-electron chi connectivity index (χ2n) is 6.53. The molecule has 5 nitrogen and oxygen atoms in total. The third-order valence-corrected chi connectivity index (χ3v) is 4.89. The van der Waals surface area contributed by atoms with Crippen LogP contribution in [0.1, 0.15) is 29.8 Å². The van der Waals surface area contributed by atoms with Gasteiger partial charge in [-0.05, 0) is 71.4 Å².